The average Bonchev–Trinajstić information content (AvgIpc) is 3.01. The first-order valence-electron chi connectivity index (χ1n) is 8.13. The third kappa shape index (κ3) is 3.43. The van der Waals surface area contributed by atoms with E-state index < -0.39 is 10.0 Å². The van der Waals surface area contributed by atoms with Crippen molar-refractivity contribution >= 4 is 50.1 Å². The normalized spacial score (nSPS) is 16.1. The first-order chi connectivity index (χ1) is 12.8. The molecule has 0 bridgehead atoms. The molecule has 1 fully saturated rings. The Bertz CT molecular complexity index is 1170. The lowest BCUT2D eigenvalue weighted by molar-refractivity contribution is 0.384. The van der Waals surface area contributed by atoms with Crippen molar-refractivity contribution in [1.29, 1.82) is 0 Å². The zero-order valence-electron chi connectivity index (χ0n) is 13.9. The number of sulfonamides is 1. The number of hydrogen-bond donors (Lipinski definition) is 2. The summed E-state index contributed by atoms with van der Waals surface area (Å²) in [6.07, 6.45) is 1.51. The lowest BCUT2D eigenvalue weighted by atomic mass is 10.3. The van der Waals surface area contributed by atoms with E-state index in [-0.39, 0.29) is 10.6 Å². The predicted octanol–water partition coefficient (Wildman–Crippen LogP) is 2.07. The van der Waals surface area contributed by atoms with Crippen molar-refractivity contribution in [3.63, 3.8) is 0 Å². The number of anilines is 1. The van der Waals surface area contributed by atoms with Gasteiger partial charge in [-0.25, -0.2) is 18.2 Å². The Labute approximate surface area is 164 Å². The minimum absolute atomic E-state index is 0.140. The number of fused-ring (bicyclic) bond motifs is 1. The highest BCUT2D eigenvalue weighted by Crippen LogP contribution is 2.28. The molecule has 11 heteroatoms. The number of aromatic nitrogens is 3. The van der Waals surface area contributed by atoms with Crippen LogP contribution in [0.5, 0.6) is 0 Å². The van der Waals surface area contributed by atoms with E-state index in [1.165, 1.54) is 22.6 Å². The molecule has 0 atom stereocenters. The zero-order chi connectivity index (χ0) is 19.2. The molecule has 3 aromatic rings. The van der Waals surface area contributed by atoms with Crippen molar-refractivity contribution < 1.29 is 8.42 Å². The molecule has 1 aliphatic rings. The summed E-state index contributed by atoms with van der Waals surface area (Å²) in [7, 11) is -3.67. The molecule has 0 radical (unpaired) electrons. The van der Waals surface area contributed by atoms with Crippen LogP contribution >= 0.6 is 23.2 Å². The molecule has 142 valence electrons. The number of nitrogens with zero attached hydrogens (tertiary/aromatic N) is 3. The molecule has 4 rings (SSSR count). The van der Waals surface area contributed by atoms with Gasteiger partial charge in [-0.2, -0.15) is 4.31 Å². The minimum Gasteiger partial charge on any atom is -0.353 e. The minimum atomic E-state index is -3.67. The largest absolute Gasteiger partial charge is 0.353 e. The molecule has 2 N–H and O–H groups in total. The zero-order valence-corrected chi connectivity index (χ0v) is 16.3. The molecule has 0 spiro atoms. The van der Waals surface area contributed by atoms with Gasteiger partial charge in [0.15, 0.2) is 0 Å². The molecule has 2 aromatic heterocycles. The Hall–Kier alpha value is -2.07. The molecule has 0 saturated carbocycles. The second kappa shape index (κ2) is 6.83. The van der Waals surface area contributed by atoms with Gasteiger partial charge < -0.3 is 14.9 Å². The lowest BCUT2D eigenvalue weighted by Gasteiger charge is -2.35. The van der Waals surface area contributed by atoms with E-state index in [2.05, 4.69) is 15.0 Å². The maximum atomic E-state index is 12.9. The Morgan fingerprint density at radius 2 is 1.70 bits per heavy atom. The maximum Gasteiger partial charge on any atom is 0.323 e. The third-order valence-electron chi connectivity index (χ3n) is 4.45. The number of H-pyrrole nitrogens is 2. The van der Waals surface area contributed by atoms with Gasteiger partial charge in [-0.1, -0.05) is 23.2 Å². The Kier molecular flexibility index (Phi) is 4.63. The van der Waals surface area contributed by atoms with Crippen LogP contribution in [0.2, 0.25) is 10.0 Å². The van der Waals surface area contributed by atoms with Crippen LogP contribution in [0.1, 0.15) is 0 Å². The van der Waals surface area contributed by atoms with E-state index in [0.29, 0.717) is 53.1 Å². The molecule has 27 heavy (non-hydrogen) atoms. The fourth-order valence-corrected chi connectivity index (χ4v) is 5.05. The Morgan fingerprint density at radius 3 is 2.41 bits per heavy atom. The first kappa shape index (κ1) is 18.3. The SMILES string of the molecule is O=c1[nH]c2ccc(S(=O)(=O)N3CCN(c4ncc(Cl)cc4Cl)CC3)cc2[nH]1. The first-order valence-corrected chi connectivity index (χ1v) is 10.3. The standard InChI is InChI=1S/C16H15Cl2N5O3S/c17-10-7-12(18)15(19-9-10)22-3-5-23(6-4-22)27(25,26)11-1-2-13-14(8-11)21-16(24)20-13/h1-2,7-9H,3-6H2,(H2,20,21,24). The van der Waals surface area contributed by atoms with E-state index >= 15 is 0 Å². The van der Waals surface area contributed by atoms with Gasteiger partial charge in [-0.05, 0) is 24.3 Å². The third-order valence-corrected chi connectivity index (χ3v) is 6.83. The number of halogens is 2. The Balaban J connectivity index is 1.54. The van der Waals surface area contributed by atoms with E-state index in [4.69, 9.17) is 23.2 Å². The summed E-state index contributed by atoms with van der Waals surface area (Å²) in [6, 6.07) is 6.15. The van der Waals surface area contributed by atoms with E-state index in [9.17, 15) is 13.2 Å². The summed E-state index contributed by atoms with van der Waals surface area (Å²) >= 11 is 12.1. The monoisotopic (exact) mass is 427 g/mol. The van der Waals surface area contributed by atoms with Gasteiger partial charge in [0.25, 0.3) is 0 Å². The van der Waals surface area contributed by atoms with Crippen LogP contribution in [0.4, 0.5) is 5.82 Å². The maximum absolute atomic E-state index is 12.9. The summed E-state index contributed by atoms with van der Waals surface area (Å²) < 4.78 is 27.3. The summed E-state index contributed by atoms with van der Waals surface area (Å²) in [5, 5.41) is 0.879. The van der Waals surface area contributed by atoms with Crippen LogP contribution in [-0.4, -0.2) is 53.9 Å². The van der Waals surface area contributed by atoms with Crippen molar-refractivity contribution in [1.82, 2.24) is 19.3 Å². The number of aromatic amines is 2. The van der Waals surface area contributed by atoms with Crippen molar-refractivity contribution in [2.45, 2.75) is 4.90 Å². The number of benzene rings is 1. The van der Waals surface area contributed by atoms with Crippen molar-refractivity contribution in [3.8, 4) is 0 Å². The number of nitrogens with one attached hydrogen (secondary N) is 2. The number of rotatable bonds is 3. The Morgan fingerprint density at radius 1 is 1.00 bits per heavy atom. The molecule has 8 nitrogen and oxygen atoms in total. The molecule has 0 aliphatic carbocycles. The molecular weight excluding hydrogens is 413 g/mol. The van der Waals surface area contributed by atoms with Crippen molar-refractivity contribution in [2.75, 3.05) is 31.1 Å². The van der Waals surface area contributed by atoms with Crippen LogP contribution in [0.15, 0.2) is 40.2 Å². The van der Waals surface area contributed by atoms with Gasteiger partial charge in [0.05, 0.1) is 26.0 Å². The highest BCUT2D eigenvalue weighted by molar-refractivity contribution is 7.89. The number of hydrogen-bond acceptors (Lipinski definition) is 5. The summed E-state index contributed by atoms with van der Waals surface area (Å²) in [5.41, 5.74) is 0.643. The molecule has 1 aromatic carbocycles. The van der Waals surface area contributed by atoms with Gasteiger partial charge in [-0.3, -0.25) is 0 Å². The number of imidazole rings is 1. The second-order valence-electron chi connectivity index (χ2n) is 6.14. The molecule has 0 unspecified atom stereocenters. The number of pyridine rings is 1. The quantitative estimate of drug-likeness (QED) is 0.665. The molecular formula is C16H15Cl2N5O3S. The fraction of sp³-hybridized carbons (Fsp3) is 0.250. The van der Waals surface area contributed by atoms with Crippen LogP contribution in [0.25, 0.3) is 11.0 Å². The van der Waals surface area contributed by atoms with Gasteiger partial charge in [0, 0.05) is 32.4 Å². The predicted molar refractivity (Wildman–Crippen MR) is 104 cm³/mol. The molecule has 1 saturated heterocycles. The highest BCUT2D eigenvalue weighted by Gasteiger charge is 2.29. The molecule has 1 aliphatic heterocycles. The summed E-state index contributed by atoms with van der Waals surface area (Å²) in [6.45, 7) is 1.50. The fourth-order valence-electron chi connectivity index (χ4n) is 3.10. The van der Waals surface area contributed by atoms with Crippen LogP contribution in [0.3, 0.4) is 0 Å². The second-order valence-corrected chi connectivity index (χ2v) is 8.92. The van der Waals surface area contributed by atoms with Gasteiger partial charge in [-0.15, -0.1) is 0 Å². The number of piperazine rings is 1. The van der Waals surface area contributed by atoms with Crippen LogP contribution in [0, 0.1) is 0 Å². The van der Waals surface area contributed by atoms with Gasteiger partial charge in [0.2, 0.25) is 10.0 Å². The van der Waals surface area contributed by atoms with E-state index in [1.54, 1.807) is 12.1 Å². The van der Waals surface area contributed by atoms with E-state index in [1.807, 2.05) is 4.90 Å². The molecule has 3 heterocycles. The van der Waals surface area contributed by atoms with Crippen LogP contribution < -0.4 is 10.6 Å². The van der Waals surface area contributed by atoms with Crippen molar-refractivity contribution in [2.24, 2.45) is 0 Å². The van der Waals surface area contributed by atoms with E-state index in [0.717, 1.165) is 0 Å². The van der Waals surface area contributed by atoms with Crippen molar-refractivity contribution in [3.05, 3.63) is 51.0 Å². The average molecular weight is 428 g/mol. The summed E-state index contributed by atoms with van der Waals surface area (Å²) in [4.78, 5) is 22.8. The lowest BCUT2D eigenvalue weighted by Crippen LogP contribution is -2.49. The highest BCUT2D eigenvalue weighted by atomic mass is 35.5. The van der Waals surface area contributed by atoms with Crippen LogP contribution in [-0.2, 0) is 10.0 Å². The molecule has 0 amide bonds. The van der Waals surface area contributed by atoms with Gasteiger partial charge >= 0.3 is 5.69 Å². The topological polar surface area (TPSA) is 102 Å². The smallest absolute Gasteiger partial charge is 0.323 e. The summed E-state index contributed by atoms with van der Waals surface area (Å²) in [5.74, 6) is 0.587. The van der Waals surface area contributed by atoms with Gasteiger partial charge in [0.1, 0.15) is 5.82 Å².